The maximum atomic E-state index is 12.2. The fourth-order valence-electron chi connectivity index (χ4n) is 2.83. The van der Waals surface area contributed by atoms with Gasteiger partial charge in [0.1, 0.15) is 5.75 Å². The van der Waals surface area contributed by atoms with Crippen molar-refractivity contribution >= 4 is 11.8 Å². The van der Waals surface area contributed by atoms with Crippen LogP contribution in [0.15, 0.2) is 42.7 Å². The zero-order valence-electron chi connectivity index (χ0n) is 14.2. The molecule has 0 spiro atoms. The predicted molar refractivity (Wildman–Crippen MR) is 92.2 cm³/mol. The fourth-order valence-corrected chi connectivity index (χ4v) is 2.83. The van der Waals surface area contributed by atoms with E-state index in [1.54, 1.807) is 29.0 Å². The molecule has 132 valence electrons. The number of carbonyl (C=O) groups excluding carboxylic acids is 2. The number of hydrogen-bond acceptors (Lipinski definition) is 4. The largest absolute Gasteiger partial charge is 0.484 e. The van der Waals surface area contributed by atoms with Gasteiger partial charge in [0, 0.05) is 32.4 Å². The number of piperidine rings is 1. The molecule has 1 aliphatic heterocycles. The Morgan fingerprint density at radius 3 is 2.60 bits per heavy atom. The molecule has 0 bridgehead atoms. The first-order valence-electron chi connectivity index (χ1n) is 8.37. The number of ether oxygens (including phenoxy) is 1. The number of amides is 2. The molecule has 0 saturated carbocycles. The average molecular weight is 342 g/mol. The lowest BCUT2D eigenvalue weighted by molar-refractivity contribution is -0.134. The summed E-state index contributed by atoms with van der Waals surface area (Å²) < 4.78 is 7.10. The molecule has 1 fully saturated rings. The quantitative estimate of drug-likeness (QED) is 0.886. The molecule has 1 N–H and O–H groups in total. The predicted octanol–water partition coefficient (Wildman–Crippen LogP) is 1.22. The van der Waals surface area contributed by atoms with Crippen molar-refractivity contribution in [2.45, 2.75) is 18.9 Å². The van der Waals surface area contributed by atoms with Crippen molar-refractivity contribution in [3.05, 3.63) is 48.3 Å². The lowest BCUT2D eigenvalue weighted by Crippen LogP contribution is -2.47. The van der Waals surface area contributed by atoms with Gasteiger partial charge in [0.15, 0.2) is 6.61 Å². The van der Waals surface area contributed by atoms with Crippen LogP contribution in [-0.4, -0.2) is 52.2 Å². The van der Waals surface area contributed by atoms with E-state index in [1.807, 2.05) is 30.3 Å². The normalized spacial score (nSPS) is 15.0. The van der Waals surface area contributed by atoms with Crippen molar-refractivity contribution < 1.29 is 14.3 Å². The number of para-hydroxylation sites is 1. The van der Waals surface area contributed by atoms with Crippen LogP contribution in [0.25, 0.3) is 0 Å². The monoisotopic (exact) mass is 342 g/mol. The van der Waals surface area contributed by atoms with Crippen molar-refractivity contribution in [1.82, 2.24) is 20.0 Å². The van der Waals surface area contributed by atoms with Crippen LogP contribution in [0, 0.1) is 0 Å². The third kappa shape index (κ3) is 4.59. The van der Waals surface area contributed by atoms with Gasteiger partial charge in [0.05, 0.1) is 11.8 Å². The molecular weight excluding hydrogens is 320 g/mol. The van der Waals surface area contributed by atoms with E-state index >= 15 is 0 Å². The molecule has 25 heavy (non-hydrogen) atoms. The lowest BCUT2D eigenvalue weighted by Gasteiger charge is -2.32. The minimum absolute atomic E-state index is 0.0270. The summed E-state index contributed by atoms with van der Waals surface area (Å²) in [6, 6.07) is 9.37. The Bertz CT molecular complexity index is 721. The van der Waals surface area contributed by atoms with Crippen LogP contribution in [0.3, 0.4) is 0 Å². The molecule has 0 unspecified atom stereocenters. The highest BCUT2D eigenvalue weighted by atomic mass is 16.5. The third-order valence-electron chi connectivity index (χ3n) is 4.26. The van der Waals surface area contributed by atoms with Crippen molar-refractivity contribution in [2.24, 2.45) is 7.05 Å². The second kappa shape index (κ2) is 7.83. The second-order valence-electron chi connectivity index (χ2n) is 6.13. The topological polar surface area (TPSA) is 76.5 Å². The number of benzene rings is 1. The molecule has 1 aromatic heterocycles. The van der Waals surface area contributed by atoms with Gasteiger partial charge in [-0.15, -0.1) is 0 Å². The number of rotatable bonds is 5. The molecule has 3 rings (SSSR count). The maximum absolute atomic E-state index is 12.2. The SMILES string of the molecule is Cn1cc(C(=O)NC2CCN(C(=O)COc3ccccc3)CC2)cn1. The van der Waals surface area contributed by atoms with Crippen LogP contribution in [0.4, 0.5) is 0 Å². The molecule has 0 atom stereocenters. The molecule has 1 aliphatic rings. The van der Waals surface area contributed by atoms with Crippen LogP contribution < -0.4 is 10.1 Å². The molecule has 1 aromatic carbocycles. The molecular formula is C18H22N4O3. The fraction of sp³-hybridized carbons (Fsp3) is 0.389. The molecule has 0 aliphatic carbocycles. The minimum Gasteiger partial charge on any atom is -0.484 e. The summed E-state index contributed by atoms with van der Waals surface area (Å²) in [5.41, 5.74) is 0.553. The molecule has 7 nitrogen and oxygen atoms in total. The van der Waals surface area contributed by atoms with E-state index in [2.05, 4.69) is 10.4 Å². The number of aryl methyl sites for hydroxylation is 1. The van der Waals surface area contributed by atoms with Gasteiger partial charge in [0.2, 0.25) is 0 Å². The average Bonchev–Trinajstić information content (AvgIpc) is 3.08. The molecule has 2 amide bonds. The molecule has 0 radical (unpaired) electrons. The summed E-state index contributed by atoms with van der Waals surface area (Å²) in [5.74, 6) is 0.542. The van der Waals surface area contributed by atoms with Gasteiger partial charge in [-0.1, -0.05) is 18.2 Å². The first kappa shape index (κ1) is 17.0. The van der Waals surface area contributed by atoms with Gasteiger partial charge < -0.3 is 15.0 Å². The van der Waals surface area contributed by atoms with E-state index in [9.17, 15) is 9.59 Å². The molecule has 2 heterocycles. The Morgan fingerprint density at radius 1 is 1.24 bits per heavy atom. The first-order chi connectivity index (χ1) is 12.1. The number of aromatic nitrogens is 2. The summed E-state index contributed by atoms with van der Waals surface area (Å²) in [5, 5.41) is 7.00. The molecule has 1 saturated heterocycles. The lowest BCUT2D eigenvalue weighted by atomic mass is 10.0. The second-order valence-corrected chi connectivity index (χ2v) is 6.13. The molecule has 7 heteroatoms. The van der Waals surface area contributed by atoms with Crippen LogP contribution in [0.2, 0.25) is 0 Å². The van der Waals surface area contributed by atoms with Gasteiger partial charge in [-0.05, 0) is 25.0 Å². The van der Waals surface area contributed by atoms with Gasteiger partial charge in [-0.2, -0.15) is 5.10 Å². The summed E-state index contributed by atoms with van der Waals surface area (Å²) in [7, 11) is 1.78. The summed E-state index contributed by atoms with van der Waals surface area (Å²) in [4.78, 5) is 26.2. The molecule has 2 aromatic rings. The van der Waals surface area contributed by atoms with Gasteiger partial charge in [0.25, 0.3) is 11.8 Å². The highest BCUT2D eigenvalue weighted by Crippen LogP contribution is 2.13. The van der Waals surface area contributed by atoms with E-state index in [-0.39, 0.29) is 24.5 Å². The van der Waals surface area contributed by atoms with Crippen molar-refractivity contribution in [2.75, 3.05) is 19.7 Å². The number of likely N-dealkylation sites (tertiary alicyclic amines) is 1. The van der Waals surface area contributed by atoms with E-state index in [4.69, 9.17) is 4.74 Å². The van der Waals surface area contributed by atoms with Crippen LogP contribution in [0.1, 0.15) is 23.2 Å². The van der Waals surface area contributed by atoms with E-state index in [0.717, 1.165) is 12.8 Å². The van der Waals surface area contributed by atoms with E-state index < -0.39 is 0 Å². The smallest absolute Gasteiger partial charge is 0.260 e. The zero-order valence-corrected chi connectivity index (χ0v) is 14.2. The maximum Gasteiger partial charge on any atom is 0.260 e. The summed E-state index contributed by atoms with van der Waals surface area (Å²) in [6.45, 7) is 1.28. The van der Waals surface area contributed by atoms with Gasteiger partial charge in [-0.25, -0.2) is 0 Å². The number of nitrogens with zero attached hydrogens (tertiary/aromatic N) is 3. The van der Waals surface area contributed by atoms with Crippen LogP contribution >= 0.6 is 0 Å². The van der Waals surface area contributed by atoms with Crippen molar-refractivity contribution in [3.63, 3.8) is 0 Å². The van der Waals surface area contributed by atoms with Crippen molar-refractivity contribution in [3.8, 4) is 5.75 Å². The summed E-state index contributed by atoms with van der Waals surface area (Å²) >= 11 is 0. The Morgan fingerprint density at radius 2 is 1.96 bits per heavy atom. The van der Waals surface area contributed by atoms with Crippen molar-refractivity contribution in [1.29, 1.82) is 0 Å². The summed E-state index contributed by atoms with van der Waals surface area (Å²) in [6.07, 6.45) is 4.72. The van der Waals surface area contributed by atoms with E-state index in [0.29, 0.717) is 24.4 Å². The first-order valence-corrected chi connectivity index (χ1v) is 8.37. The Kier molecular flexibility index (Phi) is 5.33. The number of carbonyl (C=O) groups is 2. The minimum atomic E-state index is -0.120. The van der Waals surface area contributed by atoms with Crippen LogP contribution in [-0.2, 0) is 11.8 Å². The highest BCUT2D eigenvalue weighted by molar-refractivity contribution is 5.93. The van der Waals surface area contributed by atoms with E-state index in [1.165, 1.54) is 0 Å². The Balaban J connectivity index is 1.42. The van der Waals surface area contributed by atoms with Gasteiger partial charge in [-0.3, -0.25) is 14.3 Å². The Labute approximate surface area is 146 Å². The standard InChI is InChI=1S/C18H22N4O3/c1-21-12-14(11-19-21)18(24)20-15-7-9-22(10-8-15)17(23)13-25-16-5-3-2-4-6-16/h2-6,11-12,15H,7-10,13H2,1H3,(H,20,24). The number of hydrogen-bond donors (Lipinski definition) is 1. The number of nitrogens with one attached hydrogen (secondary N) is 1. The Hall–Kier alpha value is -2.83. The van der Waals surface area contributed by atoms with Gasteiger partial charge >= 0.3 is 0 Å². The zero-order chi connectivity index (χ0) is 17.6. The van der Waals surface area contributed by atoms with Crippen LogP contribution in [0.5, 0.6) is 5.75 Å². The highest BCUT2D eigenvalue weighted by Gasteiger charge is 2.24. The third-order valence-corrected chi connectivity index (χ3v) is 4.26.